The van der Waals surface area contributed by atoms with Crippen LogP contribution in [0.2, 0.25) is 15.1 Å². The summed E-state index contributed by atoms with van der Waals surface area (Å²) < 4.78 is 0. The summed E-state index contributed by atoms with van der Waals surface area (Å²) in [6.45, 7) is 1.81. The van der Waals surface area contributed by atoms with Crippen molar-refractivity contribution < 1.29 is 19.2 Å². The van der Waals surface area contributed by atoms with Gasteiger partial charge in [0.15, 0.2) is 0 Å². The first-order valence-corrected chi connectivity index (χ1v) is 16.2. The molecule has 0 aliphatic heterocycles. The number of nitrogens with zero attached hydrogens (tertiary/aromatic N) is 1. The zero-order valence-electron chi connectivity index (χ0n) is 26.2. The van der Waals surface area contributed by atoms with Gasteiger partial charge in [0.05, 0.1) is 32.0 Å². The van der Waals surface area contributed by atoms with Crippen LogP contribution in [0.15, 0.2) is 120 Å². The second-order valence-electron chi connectivity index (χ2n) is 11.1. The SMILES string of the molecule is Cc1ccc(C(=O)Nc2cc(Cl)c(Cl)cc2Cl)cc1N/N=C1\C(=O)C(C(=O)Nc2ccc(NC(=O)c3ccccc3)cc2)=Cc2ccccc21. The van der Waals surface area contributed by atoms with E-state index >= 15 is 0 Å². The number of hydrogen-bond acceptors (Lipinski definition) is 6. The smallest absolute Gasteiger partial charge is 0.259 e. The van der Waals surface area contributed by atoms with Gasteiger partial charge in [0.2, 0.25) is 5.78 Å². The maximum absolute atomic E-state index is 13.8. The second kappa shape index (κ2) is 14.8. The van der Waals surface area contributed by atoms with E-state index in [1.165, 1.54) is 18.2 Å². The molecule has 0 saturated carbocycles. The van der Waals surface area contributed by atoms with Crippen molar-refractivity contribution in [1.82, 2.24) is 0 Å². The summed E-state index contributed by atoms with van der Waals surface area (Å²) in [4.78, 5) is 52.8. The highest BCUT2D eigenvalue weighted by Crippen LogP contribution is 2.33. The van der Waals surface area contributed by atoms with Crippen molar-refractivity contribution >= 4 is 92.8 Å². The minimum absolute atomic E-state index is 0.0177. The second-order valence-corrected chi connectivity index (χ2v) is 12.3. The first kappa shape index (κ1) is 34.1. The van der Waals surface area contributed by atoms with Crippen LogP contribution in [-0.4, -0.2) is 29.2 Å². The maximum atomic E-state index is 13.8. The molecule has 248 valence electrons. The molecule has 50 heavy (non-hydrogen) atoms. The normalized spacial score (nSPS) is 12.8. The number of hydrogen-bond donors (Lipinski definition) is 4. The van der Waals surface area contributed by atoms with Gasteiger partial charge >= 0.3 is 0 Å². The quantitative estimate of drug-likeness (QED) is 0.0723. The Hall–Kier alpha value is -5.74. The van der Waals surface area contributed by atoms with E-state index in [1.54, 1.807) is 91.0 Å². The van der Waals surface area contributed by atoms with Crippen LogP contribution in [-0.2, 0) is 9.59 Å². The molecule has 0 fully saturated rings. The third-order valence-corrected chi connectivity index (χ3v) is 8.74. The molecule has 3 amide bonds. The molecule has 9 nitrogen and oxygen atoms in total. The number of carbonyl (C=O) groups is 4. The summed E-state index contributed by atoms with van der Waals surface area (Å²) in [6, 6.07) is 30.2. The van der Waals surface area contributed by atoms with Crippen LogP contribution >= 0.6 is 34.8 Å². The van der Waals surface area contributed by atoms with Crippen molar-refractivity contribution in [2.45, 2.75) is 6.92 Å². The van der Waals surface area contributed by atoms with E-state index in [1.807, 2.05) is 13.0 Å². The predicted molar refractivity (Wildman–Crippen MR) is 200 cm³/mol. The fraction of sp³-hybridized carbons (Fsp3) is 0.0263. The van der Waals surface area contributed by atoms with Crippen LogP contribution in [0, 0.1) is 6.92 Å². The third-order valence-electron chi connectivity index (χ3n) is 7.70. The fourth-order valence-corrected chi connectivity index (χ4v) is 5.62. The Balaban J connectivity index is 1.19. The number of benzene rings is 5. The standard InChI is InChI=1S/C38H26Cl3N5O4/c1-21-11-12-24(37(49)44-33-20-30(40)29(39)19-31(33)41)18-32(21)45-46-34-27-10-6-5-9-23(27)17-28(35(34)47)38(50)43-26-15-13-25(14-16-26)42-36(48)22-7-3-2-4-8-22/h2-20,45H,1H3,(H,42,48)(H,43,50)(H,44,49)/b46-34-. The van der Waals surface area contributed by atoms with E-state index in [4.69, 9.17) is 34.8 Å². The van der Waals surface area contributed by atoms with Gasteiger partial charge in [0, 0.05) is 28.1 Å². The number of anilines is 4. The lowest BCUT2D eigenvalue weighted by molar-refractivity contribution is -0.116. The number of halogens is 3. The minimum Gasteiger partial charge on any atom is -0.322 e. The molecule has 0 atom stereocenters. The minimum atomic E-state index is -0.630. The lowest BCUT2D eigenvalue weighted by Gasteiger charge is -2.18. The largest absolute Gasteiger partial charge is 0.322 e. The molecule has 5 aromatic carbocycles. The van der Waals surface area contributed by atoms with E-state index < -0.39 is 17.6 Å². The van der Waals surface area contributed by atoms with Crippen LogP contribution in [0.5, 0.6) is 0 Å². The first-order chi connectivity index (χ1) is 24.1. The van der Waals surface area contributed by atoms with E-state index in [0.717, 1.165) is 5.56 Å². The number of hydrazone groups is 1. The lowest BCUT2D eigenvalue weighted by Crippen LogP contribution is -2.30. The molecule has 0 radical (unpaired) electrons. The number of Topliss-reactive ketones (excluding diaryl/α,β-unsaturated/α-hetero) is 1. The van der Waals surface area contributed by atoms with Gasteiger partial charge in [-0.3, -0.25) is 24.6 Å². The predicted octanol–water partition coefficient (Wildman–Crippen LogP) is 8.88. The average molecular weight is 723 g/mol. The van der Waals surface area contributed by atoms with Crippen molar-refractivity contribution in [3.63, 3.8) is 0 Å². The van der Waals surface area contributed by atoms with E-state index in [-0.39, 0.29) is 43.5 Å². The molecule has 0 bridgehead atoms. The molecule has 0 saturated heterocycles. The van der Waals surface area contributed by atoms with E-state index in [9.17, 15) is 19.2 Å². The van der Waals surface area contributed by atoms with Crippen molar-refractivity contribution in [3.8, 4) is 0 Å². The van der Waals surface area contributed by atoms with Crippen molar-refractivity contribution in [1.29, 1.82) is 0 Å². The summed E-state index contributed by atoms with van der Waals surface area (Å²) in [7, 11) is 0. The Labute approximate surface area is 302 Å². The van der Waals surface area contributed by atoms with Crippen LogP contribution < -0.4 is 21.4 Å². The Bertz CT molecular complexity index is 2240. The molecule has 5 aromatic rings. The van der Waals surface area contributed by atoms with Gasteiger partial charge in [-0.05, 0) is 84.8 Å². The van der Waals surface area contributed by atoms with Crippen molar-refractivity contribution in [2.75, 3.05) is 21.4 Å². The average Bonchev–Trinajstić information content (AvgIpc) is 3.11. The van der Waals surface area contributed by atoms with Crippen LogP contribution in [0.1, 0.15) is 37.4 Å². The fourth-order valence-electron chi connectivity index (χ4n) is 5.03. The van der Waals surface area contributed by atoms with Crippen LogP contribution in [0.4, 0.5) is 22.7 Å². The molecular weight excluding hydrogens is 697 g/mol. The maximum Gasteiger partial charge on any atom is 0.259 e. The molecule has 6 rings (SSSR count). The number of carbonyl (C=O) groups excluding carboxylic acids is 4. The van der Waals surface area contributed by atoms with Crippen LogP contribution in [0.3, 0.4) is 0 Å². The summed E-state index contributed by atoms with van der Waals surface area (Å²) in [5.74, 6) is -1.96. The van der Waals surface area contributed by atoms with Gasteiger partial charge in [-0.15, -0.1) is 0 Å². The topological polar surface area (TPSA) is 129 Å². The molecule has 0 aromatic heterocycles. The Morgan fingerprint density at radius 1 is 0.600 bits per heavy atom. The number of ketones is 1. The van der Waals surface area contributed by atoms with Gasteiger partial charge in [0.25, 0.3) is 17.7 Å². The number of nitrogens with one attached hydrogen (secondary N) is 4. The highest BCUT2D eigenvalue weighted by atomic mass is 35.5. The van der Waals surface area contributed by atoms with Gasteiger partial charge in [0.1, 0.15) is 5.71 Å². The van der Waals surface area contributed by atoms with Crippen molar-refractivity contribution in [2.24, 2.45) is 5.10 Å². The highest BCUT2D eigenvalue weighted by molar-refractivity contribution is 6.59. The van der Waals surface area contributed by atoms with Gasteiger partial charge < -0.3 is 16.0 Å². The zero-order chi connectivity index (χ0) is 35.4. The number of fused-ring (bicyclic) bond motifs is 1. The van der Waals surface area contributed by atoms with Crippen molar-refractivity contribution in [3.05, 3.63) is 158 Å². The summed E-state index contributed by atoms with van der Waals surface area (Å²) in [6.07, 6.45) is 1.52. The van der Waals surface area contributed by atoms with E-state index in [2.05, 4.69) is 26.5 Å². The summed E-state index contributed by atoms with van der Waals surface area (Å²) >= 11 is 18.3. The molecule has 4 N–H and O–H groups in total. The van der Waals surface area contributed by atoms with Gasteiger partial charge in [-0.25, -0.2) is 0 Å². The molecule has 0 spiro atoms. The first-order valence-electron chi connectivity index (χ1n) is 15.1. The molecule has 12 heteroatoms. The molecular formula is C38H26Cl3N5O4. The number of amides is 3. The molecule has 1 aliphatic carbocycles. The van der Waals surface area contributed by atoms with E-state index in [0.29, 0.717) is 33.8 Å². The Morgan fingerprint density at radius 2 is 1.22 bits per heavy atom. The summed E-state index contributed by atoms with van der Waals surface area (Å²) in [5.41, 5.74) is 7.20. The third kappa shape index (κ3) is 7.61. The zero-order valence-corrected chi connectivity index (χ0v) is 28.5. The molecule has 0 heterocycles. The number of aryl methyl sites for hydroxylation is 1. The Kier molecular flexibility index (Phi) is 10.1. The lowest BCUT2D eigenvalue weighted by atomic mass is 9.89. The monoisotopic (exact) mass is 721 g/mol. The van der Waals surface area contributed by atoms with Crippen LogP contribution in [0.25, 0.3) is 6.08 Å². The van der Waals surface area contributed by atoms with Gasteiger partial charge in [-0.1, -0.05) is 83.3 Å². The summed E-state index contributed by atoms with van der Waals surface area (Å²) in [5, 5.41) is 13.4. The molecule has 0 unspecified atom stereocenters. The Morgan fingerprint density at radius 3 is 1.94 bits per heavy atom. The van der Waals surface area contributed by atoms with Gasteiger partial charge in [-0.2, -0.15) is 5.10 Å². The molecule has 1 aliphatic rings. The number of rotatable bonds is 8. The highest BCUT2D eigenvalue weighted by Gasteiger charge is 2.30.